The largest absolute Gasteiger partial charge is 0.337 e. The lowest BCUT2D eigenvalue weighted by atomic mass is 10.0. The van der Waals surface area contributed by atoms with E-state index in [9.17, 15) is 14.9 Å². The summed E-state index contributed by atoms with van der Waals surface area (Å²) in [6.45, 7) is 4.25. The van der Waals surface area contributed by atoms with Crippen molar-refractivity contribution in [2.24, 2.45) is 5.92 Å². The Balaban J connectivity index is 0.00000225. The van der Waals surface area contributed by atoms with Crippen LogP contribution in [0.25, 0.3) is 0 Å². The van der Waals surface area contributed by atoms with Gasteiger partial charge < -0.3 is 10.2 Å². The van der Waals surface area contributed by atoms with E-state index in [4.69, 9.17) is 0 Å². The van der Waals surface area contributed by atoms with Crippen molar-refractivity contribution in [3.05, 3.63) is 21.5 Å². The first-order valence-electron chi connectivity index (χ1n) is 8.84. The van der Waals surface area contributed by atoms with Crippen molar-refractivity contribution >= 4 is 24.0 Å². The fraction of sp³-hybridized carbons (Fsp3) is 0.750. The normalized spacial score (nSPS) is 18.0. The smallest absolute Gasteiger partial charge is 0.322 e. The number of likely N-dealkylation sites (tertiary alicyclic amines) is 1. The highest BCUT2D eigenvalue weighted by Crippen LogP contribution is 2.28. The molecule has 1 aliphatic carbocycles. The Labute approximate surface area is 153 Å². The zero-order chi connectivity index (χ0) is 17.1. The highest BCUT2D eigenvalue weighted by molar-refractivity contribution is 5.96. The molecule has 1 aromatic rings. The maximum Gasteiger partial charge on any atom is 0.322 e. The predicted octanol–water partition coefficient (Wildman–Crippen LogP) is 2.30. The summed E-state index contributed by atoms with van der Waals surface area (Å²) >= 11 is 0. The zero-order valence-electron chi connectivity index (χ0n) is 14.5. The second kappa shape index (κ2) is 8.62. The summed E-state index contributed by atoms with van der Waals surface area (Å²) in [5.41, 5.74) is 0.232. The van der Waals surface area contributed by atoms with Gasteiger partial charge in [-0.05, 0) is 44.6 Å². The van der Waals surface area contributed by atoms with Gasteiger partial charge in [-0.25, -0.2) is 0 Å². The summed E-state index contributed by atoms with van der Waals surface area (Å²) in [5.74, 6) is 0.509. The minimum absolute atomic E-state index is 0. The van der Waals surface area contributed by atoms with Gasteiger partial charge in [0.25, 0.3) is 5.91 Å². The molecule has 0 bridgehead atoms. The Bertz CT molecular complexity index is 609. The van der Waals surface area contributed by atoms with Crippen LogP contribution in [0, 0.1) is 16.0 Å². The number of carbonyl (C=O) groups is 1. The fourth-order valence-electron chi connectivity index (χ4n) is 3.23. The molecule has 25 heavy (non-hydrogen) atoms. The maximum atomic E-state index is 12.6. The molecule has 3 rings (SSSR count). The van der Waals surface area contributed by atoms with E-state index in [0.717, 1.165) is 31.7 Å². The molecule has 1 aliphatic heterocycles. The third kappa shape index (κ3) is 4.70. The molecule has 2 heterocycles. The van der Waals surface area contributed by atoms with Gasteiger partial charge in [-0.3, -0.25) is 20.0 Å². The number of H-pyrrole nitrogens is 1. The van der Waals surface area contributed by atoms with Gasteiger partial charge in [0.2, 0.25) is 5.69 Å². The van der Waals surface area contributed by atoms with Crippen molar-refractivity contribution in [1.29, 1.82) is 0 Å². The van der Waals surface area contributed by atoms with Crippen LogP contribution in [0.1, 0.15) is 55.2 Å². The van der Waals surface area contributed by atoms with Gasteiger partial charge in [-0.1, -0.05) is 13.3 Å². The second-order valence-corrected chi connectivity index (χ2v) is 6.82. The number of rotatable bonds is 7. The first kappa shape index (κ1) is 19.7. The van der Waals surface area contributed by atoms with E-state index in [0.29, 0.717) is 31.2 Å². The Morgan fingerprint density at radius 3 is 2.60 bits per heavy atom. The van der Waals surface area contributed by atoms with Gasteiger partial charge in [0.1, 0.15) is 5.69 Å². The summed E-state index contributed by atoms with van der Waals surface area (Å²) < 4.78 is 0. The molecule has 8 nitrogen and oxygen atoms in total. The van der Waals surface area contributed by atoms with E-state index < -0.39 is 4.92 Å². The molecule has 0 spiro atoms. The summed E-state index contributed by atoms with van der Waals surface area (Å²) in [5, 5.41) is 21.5. The Kier molecular flexibility index (Phi) is 6.78. The van der Waals surface area contributed by atoms with Crippen LogP contribution in [0.15, 0.2) is 0 Å². The number of aromatic nitrogens is 2. The number of nitro groups is 1. The summed E-state index contributed by atoms with van der Waals surface area (Å²) in [6, 6.07) is 0.444. The number of nitrogens with zero attached hydrogens (tertiary/aromatic N) is 3. The number of aryl methyl sites for hydroxylation is 1. The van der Waals surface area contributed by atoms with Gasteiger partial charge >= 0.3 is 5.69 Å². The summed E-state index contributed by atoms with van der Waals surface area (Å²) in [4.78, 5) is 25.2. The number of piperidine rings is 1. The van der Waals surface area contributed by atoms with Gasteiger partial charge in [-0.15, -0.1) is 12.4 Å². The monoisotopic (exact) mass is 371 g/mol. The number of amides is 1. The third-order valence-electron chi connectivity index (χ3n) is 4.87. The van der Waals surface area contributed by atoms with Crippen LogP contribution in [-0.2, 0) is 6.42 Å². The maximum absolute atomic E-state index is 12.6. The molecular formula is C16H26ClN5O3. The molecule has 1 saturated carbocycles. The van der Waals surface area contributed by atoms with Gasteiger partial charge in [0, 0.05) is 19.1 Å². The number of hydrogen-bond acceptors (Lipinski definition) is 5. The van der Waals surface area contributed by atoms with Crippen LogP contribution in [-0.4, -0.2) is 51.6 Å². The quantitative estimate of drug-likeness (QED) is 0.565. The molecule has 140 valence electrons. The molecular weight excluding hydrogens is 346 g/mol. The Morgan fingerprint density at radius 2 is 2.04 bits per heavy atom. The van der Waals surface area contributed by atoms with Crippen LogP contribution in [0.5, 0.6) is 0 Å². The molecule has 1 aromatic heterocycles. The standard InChI is InChI=1S/C16H25N5O3.ClH/c1-2-3-13-15(21(23)24)14(19-18-13)16(22)20-8-6-12(7-9-20)17-10-11-4-5-11;/h11-12,17H,2-10H2,1H3,(H,18,19);1H. The van der Waals surface area contributed by atoms with Crippen molar-refractivity contribution in [2.45, 2.75) is 51.5 Å². The van der Waals surface area contributed by atoms with Gasteiger partial charge in [0.15, 0.2) is 0 Å². The molecule has 2 fully saturated rings. The van der Waals surface area contributed by atoms with Crippen molar-refractivity contribution in [3.63, 3.8) is 0 Å². The molecule has 0 radical (unpaired) electrons. The summed E-state index contributed by atoms with van der Waals surface area (Å²) in [6.07, 6.45) is 5.70. The lowest BCUT2D eigenvalue weighted by Crippen LogP contribution is -2.45. The minimum atomic E-state index is -0.494. The van der Waals surface area contributed by atoms with Crippen molar-refractivity contribution < 1.29 is 9.72 Å². The topological polar surface area (TPSA) is 104 Å². The minimum Gasteiger partial charge on any atom is -0.337 e. The van der Waals surface area contributed by atoms with Gasteiger partial charge in [-0.2, -0.15) is 5.10 Å². The number of aromatic amines is 1. The molecule has 1 amide bonds. The molecule has 0 unspecified atom stereocenters. The highest BCUT2D eigenvalue weighted by atomic mass is 35.5. The first-order valence-corrected chi connectivity index (χ1v) is 8.84. The Morgan fingerprint density at radius 1 is 1.36 bits per heavy atom. The van der Waals surface area contributed by atoms with Crippen LogP contribution in [0.2, 0.25) is 0 Å². The molecule has 2 N–H and O–H groups in total. The predicted molar refractivity (Wildman–Crippen MR) is 96.1 cm³/mol. The van der Waals surface area contributed by atoms with Crippen LogP contribution in [0.4, 0.5) is 5.69 Å². The lowest BCUT2D eigenvalue weighted by molar-refractivity contribution is -0.385. The van der Waals surface area contributed by atoms with E-state index in [-0.39, 0.29) is 29.7 Å². The molecule has 1 saturated heterocycles. The van der Waals surface area contributed by atoms with E-state index in [2.05, 4.69) is 15.5 Å². The average Bonchev–Trinajstić information content (AvgIpc) is 3.31. The summed E-state index contributed by atoms with van der Waals surface area (Å²) in [7, 11) is 0. The van der Waals surface area contributed by atoms with E-state index >= 15 is 0 Å². The number of nitrogens with one attached hydrogen (secondary N) is 2. The number of carbonyl (C=O) groups excluding carboxylic acids is 1. The Hall–Kier alpha value is -1.67. The molecule has 0 aromatic carbocycles. The van der Waals surface area contributed by atoms with Crippen LogP contribution < -0.4 is 5.32 Å². The average molecular weight is 372 g/mol. The zero-order valence-corrected chi connectivity index (χ0v) is 15.3. The van der Waals surface area contributed by atoms with Crippen molar-refractivity contribution in [2.75, 3.05) is 19.6 Å². The number of halogens is 1. The number of hydrogen-bond donors (Lipinski definition) is 2. The van der Waals surface area contributed by atoms with Crippen LogP contribution in [0.3, 0.4) is 0 Å². The van der Waals surface area contributed by atoms with Gasteiger partial charge in [0.05, 0.1) is 4.92 Å². The molecule has 9 heteroatoms. The SMILES string of the molecule is CCCc1[nH]nc(C(=O)N2CCC(NCC3CC3)CC2)c1[N+](=O)[O-].Cl. The van der Waals surface area contributed by atoms with E-state index in [1.54, 1.807) is 4.90 Å². The molecule has 2 aliphatic rings. The third-order valence-corrected chi connectivity index (χ3v) is 4.87. The lowest BCUT2D eigenvalue weighted by Gasteiger charge is -2.32. The van der Waals surface area contributed by atoms with Crippen LogP contribution >= 0.6 is 12.4 Å². The second-order valence-electron chi connectivity index (χ2n) is 6.82. The highest BCUT2D eigenvalue weighted by Gasteiger charge is 2.33. The van der Waals surface area contributed by atoms with Crippen molar-refractivity contribution in [3.8, 4) is 0 Å². The first-order chi connectivity index (χ1) is 11.6. The van der Waals surface area contributed by atoms with Crippen molar-refractivity contribution in [1.82, 2.24) is 20.4 Å². The molecule has 0 atom stereocenters. The van der Waals surface area contributed by atoms with E-state index in [1.165, 1.54) is 12.8 Å². The fourth-order valence-corrected chi connectivity index (χ4v) is 3.23. The van der Waals surface area contributed by atoms with E-state index in [1.807, 2.05) is 6.92 Å².